The Bertz CT molecular complexity index is 1570. The van der Waals surface area contributed by atoms with Gasteiger partial charge in [-0.05, 0) is 92.1 Å². The first-order chi connectivity index (χ1) is 20.0. The van der Waals surface area contributed by atoms with E-state index in [2.05, 4.69) is 49.1 Å². The van der Waals surface area contributed by atoms with Crippen LogP contribution in [0.4, 0.5) is 28.8 Å². The molecular formula is C32H33N7O2. The summed E-state index contributed by atoms with van der Waals surface area (Å²) in [5.41, 5.74) is 6.45. The second-order valence-corrected chi connectivity index (χ2v) is 10.8. The summed E-state index contributed by atoms with van der Waals surface area (Å²) in [5.74, 6) is 1.51. The van der Waals surface area contributed by atoms with E-state index in [4.69, 9.17) is 0 Å². The van der Waals surface area contributed by atoms with E-state index in [1.165, 1.54) is 5.56 Å². The largest absolute Gasteiger partial charge is 0.340 e. The molecular weight excluding hydrogens is 514 g/mol. The van der Waals surface area contributed by atoms with Gasteiger partial charge in [0.2, 0.25) is 11.9 Å². The van der Waals surface area contributed by atoms with Gasteiger partial charge in [0.25, 0.3) is 5.91 Å². The Morgan fingerprint density at radius 1 is 0.976 bits per heavy atom. The van der Waals surface area contributed by atoms with E-state index >= 15 is 0 Å². The van der Waals surface area contributed by atoms with Crippen molar-refractivity contribution in [2.75, 3.05) is 29.0 Å². The van der Waals surface area contributed by atoms with Gasteiger partial charge in [-0.1, -0.05) is 12.1 Å². The molecule has 9 heteroatoms. The number of hydrogen-bond acceptors (Lipinski definition) is 7. The minimum Gasteiger partial charge on any atom is -0.340 e. The average molecular weight is 548 g/mol. The third-order valence-corrected chi connectivity index (χ3v) is 7.76. The second kappa shape index (κ2) is 11.8. The lowest BCUT2D eigenvalue weighted by molar-refractivity contribution is -0.117. The lowest BCUT2D eigenvalue weighted by Gasteiger charge is -2.31. The van der Waals surface area contributed by atoms with Gasteiger partial charge in [0.1, 0.15) is 5.82 Å². The molecule has 6 rings (SSSR count). The quantitative estimate of drug-likeness (QED) is 0.303. The molecule has 0 atom stereocenters. The van der Waals surface area contributed by atoms with E-state index in [0.29, 0.717) is 31.0 Å². The Morgan fingerprint density at radius 2 is 1.83 bits per heavy atom. The van der Waals surface area contributed by atoms with Crippen molar-refractivity contribution in [1.29, 1.82) is 0 Å². The van der Waals surface area contributed by atoms with Gasteiger partial charge in [-0.2, -0.15) is 4.98 Å². The number of aromatic nitrogens is 3. The highest BCUT2D eigenvalue weighted by atomic mass is 16.2. The van der Waals surface area contributed by atoms with Gasteiger partial charge in [-0.3, -0.25) is 14.6 Å². The summed E-state index contributed by atoms with van der Waals surface area (Å²) >= 11 is 0. The summed E-state index contributed by atoms with van der Waals surface area (Å²) in [6.45, 7) is 3.27. The molecule has 0 spiro atoms. The van der Waals surface area contributed by atoms with Crippen LogP contribution in [0.1, 0.15) is 46.3 Å². The number of nitrogens with one attached hydrogen (secondary N) is 3. The van der Waals surface area contributed by atoms with Crippen LogP contribution >= 0.6 is 0 Å². The van der Waals surface area contributed by atoms with Gasteiger partial charge in [-0.25, -0.2) is 4.98 Å². The van der Waals surface area contributed by atoms with Crippen molar-refractivity contribution in [2.24, 2.45) is 5.92 Å². The fraction of sp³-hybridized carbons (Fsp3) is 0.281. The maximum absolute atomic E-state index is 13.2. The Hall–Kier alpha value is -4.79. The standard InChI is InChI=1S/C32H33N7O2/c1-21-19-34-32-36-26-6-2-4-22(16-26)7-8-24-18-27(35-30(21)38-32)9-10-28(24)37-29(40)17-23-11-14-39(15-12-23)31(41)25-5-3-13-33-20-25/h2-6,9-10,13,16,18-20,23H,7-8,11-12,14-15,17H2,1H3,(H,37,40)(H2,34,35,36,38). The number of carbonyl (C=O) groups is 2. The fourth-order valence-corrected chi connectivity index (χ4v) is 5.45. The molecule has 4 aromatic rings. The normalized spacial score (nSPS) is 14.9. The first-order valence-corrected chi connectivity index (χ1v) is 14.1. The first-order valence-electron chi connectivity index (χ1n) is 14.1. The number of aryl methyl sites for hydroxylation is 3. The molecule has 1 saturated heterocycles. The number of likely N-dealkylation sites (tertiary alicyclic amines) is 1. The molecule has 4 heterocycles. The molecule has 208 valence electrons. The lowest BCUT2D eigenvalue weighted by Crippen LogP contribution is -2.39. The van der Waals surface area contributed by atoms with Crippen LogP contribution in [0, 0.1) is 12.8 Å². The average Bonchev–Trinajstić information content (AvgIpc) is 2.99. The molecule has 0 aliphatic carbocycles. The number of pyridine rings is 1. The summed E-state index contributed by atoms with van der Waals surface area (Å²) in [6.07, 6.45) is 8.71. The van der Waals surface area contributed by atoms with Crippen molar-refractivity contribution in [3.63, 3.8) is 0 Å². The topological polar surface area (TPSA) is 112 Å². The molecule has 0 unspecified atom stereocenters. The molecule has 0 saturated carbocycles. The highest BCUT2D eigenvalue weighted by Crippen LogP contribution is 2.29. The summed E-state index contributed by atoms with van der Waals surface area (Å²) < 4.78 is 0. The van der Waals surface area contributed by atoms with Crippen LogP contribution in [0.15, 0.2) is 73.2 Å². The number of carbonyl (C=O) groups excluding carboxylic acids is 2. The summed E-state index contributed by atoms with van der Waals surface area (Å²) in [5, 5.41) is 9.92. The van der Waals surface area contributed by atoms with Crippen LogP contribution in [-0.4, -0.2) is 44.8 Å². The molecule has 2 aromatic heterocycles. The zero-order chi connectivity index (χ0) is 28.2. The Labute approximate surface area is 239 Å². The molecule has 41 heavy (non-hydrogen) atoms. The predicted molar refractivity (Wildman–Crippen MR) is 160 cm³/mol. The van der Waals surface area contributed by atoms with Crippen LogP contribution in [0.5, 0.6) is 0 Å². The minimum absolute atomic E-state index is 0.00407. The van der Waals surface area contributed by atoms with Crippen molar-refractivity contribution in [2.45, 2.75) is 39.0 Å². The molecule has 9 nitrogen and oxygen atoms in total. The fourth-order valence-electron chi connectivity index (χ4n) is 5.45. The van der Waals surface area contributed by atoms with E-state index in [1.807, 2.05) is 36.1 Å². The summed E-state index contributed by atoms with van der Waals surface area (Å²) in [7, 11) is 0. The Balaban J connectivity index is 1.14. The Kier molecular flexibility index (Phi) is 7.58. The number of benzene rings is 2. The molecule has 2 aromatic carbocycles. The van der Waals surface area contributed by atoms with Gasteiger partial charge in [0.05, 0.1) is 5.56 Å². The number of piperidine rings is 1. The van der Waals surface area contributed by atoms with E-state index in [-0.39, 0.29) is 17.7 Å². The van der Waals surface area contributed by atoms with E-state index in [9.17, 15) is 9.59 Å². The van der Waals surface area contributed by atoms with Gasteiger partial charge >= 0.3 is 0 Å². The number of fused-ring (bicyclic) bond motifs is 6. The smallest absolute Gasteiger partial charge is 0.255 e. The Morgan fingerprint density at radius 3 is 2.66 bits per heavy atom. The molecule has 2 amide bonds. The third-order valence-electron chi connectivity index (χ3n) is 7.76. The first kappa shape index (κ1) is 26.4. The molecule has 6 bridgehead atoms. The summed E-state index contributed by atoms with van der Waals surface area (Å²) in [4.78, 5) is 41.0. The third kappa shape index (κ3) is 6.35. The summed E-state index contributed by atoms with van der Waals surface area (Å²) in [6, 6.07) is 17.9. The molecule has 0 radical (unpaired) electrons. The van der Waals surface area contributed by atoms with E-state index in [1.54, 1.807) is 30.7 Å². The zero-order valence-electron chi connectivity index (χ0n) is 23.1. The van der Waals surface area contributed by atoms with E-state index in [0.717, 1.165) is 59.7 Å². The van der Waals surface area contributed by atoms with Crippen LogP contribution in [-0.2, 0) is 17.6 Å². The van der Waals surface area contributed by atoms with Crippen molar-refractivity contribution >= 4 is 40.6 Å². The number of anilines is 5. The SMILES string of the molecule is Cc1cnc2nc1Nc1ccc(NC(=O)CC3CCN(C(=O)c4cccnc4)CC3)c(c1)CCc1cccc(c1)N2. The number of nitrogens with zero attached hydrogens (tertiary/aromatic N) is 4. The monoisotopic (exact) mass is 547 g/mol. The highest BCUT2D eigenvalue weighted by molar-refractivity contribution is 5.94. The maximum atomic E-state index is 13.2. The van der Waals surface area contributed by atoms with Gasteiger partial charge in [-0.15, -0.1) is 0 Å². The highest BCUT2D eigenvalue weighted by Gasteiger charge is 2.25. The molecule has 1 fully saturated rings. The lowest BCUT2D eigenvalue weighted by atomic mass is 9.92. The van der Waals surface area contributed by atoms with Crippen molar-refractivity contribution in [3.05, 3.63) is 95.4 Å². The molecule has 2 aliphatic rings. The van der Waals surface area contributed by atoms with Gasteiger partial charge in [0.15, 0.2) is 0 Å². The maximum Gasteiger partial charge on any atom is 0.255 e. The molecule has 3 N–H and O–H groups in total. The number of hydrogen-bond donors (Lipinski definition) is 3. The van der Waals surface area contributed by atoms with Crippen molar-refractivity contribution < 1.29 is 9.59 Å². The minimum atomic E-state index is 0.00407. The van der Waals surface area contributed by atoms with Gasteiger partial charge in [0, 0.05) is 60.7 Å². The van der Waals surface area contributed by atoms with Crippen LogP contribution in [0.3, 0.4) is 0 Å². The van der Waals surface area contributed by atoms with E-state index < -0.39 is 0 Å². The van der Waals surface area contributed by atoms with Crippen LogP contribution in [0.2, 0.25) is 0 Å². The predicted octanol–water partition coefficient (Wildman–Crippen LogP) is 5.65. The number of rotatable bonds is 4. The molecule has 2 aliphatic heterocycles. The van der Waals surface area contributed by atoms with Crippen LogP contribution in [0.25, 0.3) is 0 Å². The van der Waals surface area contributed by atoms with Gasteiger partial charge < -0.3 is 20.9 Å². The second-order valence-electron chi connectivity index (χ2n) is 10.8. The van der Waals surface area contributed by atoms with Crippen molar-refractivity contribution in [1.82, 2.24) is 19.9 Å². The number of amides is 2. The zero-order valence-corrected chi connectivity index (χ0v) is 23.1. The van der Waals surface area contributed by atoms with Crippen molar-refractivity contribution in [3.8, 4) is 0 Å². The van der Waals surface area contributed by atoms with Crippen LogP contribution < -0.4 is 16.0 Å².